The molecule has 0 N–H and O–H groups in total. The van der Waals surface area contributed by atoms with Gasteiger partial charge in [-0.3, -0.25) is 10.1 Å². The van der Waals surface area contributed by atoms with Crippen LogP contribution in [0.25, 0.3) is 23.1 Å². The van der Waals surface area contributed by atoms with Crippen LogP contribution in [0.5, 0.6) is 11.5 Å². The molecular formula is C29H32N4O5Si. The topological polar surface area (TPSA) is 91.9 Å². The fourth-order valence-electron chi connectivity index (χ4n) is 4.30. The Kier molecular flexibility index (Phi) is 7.40. The maximum absolute atomic E-state index is 11.3. The lowest BCUT2D eigenvalue weighted by atomic mass is 10.1. The van der Waals surface area contributed by atoms with Crippen LogP contribution in [0.3, 0.4) is 0 Å². The molecule has 3 aromatic carbocycles. The molecule has 0 unspecified atom stereocenters. The van der Waals surface area contributed by atoms with Gasteiger partial charge >= 0.3 is 0 Å². The van der Waals surface area contributed by atoms with Gasteiger partial charge in [-0.05, 0) is 54.1 Å². The highest BCUT2D eigenvalue weighted by Gasteiger charge is 2.16. The molecule has 202 valence electrons. The van der Waals surface area contributed by atoms with Crippen LogP contribution < -0.4 is 14.4 Å². The first-order chi connectivity index (χ1) is 18.7. The molecule has 0 amide bonds. The molecule has 0 saturated carbocycles. The van der Waals surface area contributed by atoms with Gasteiger partial charge in [0.05, 0.1) is 16.1 Å². The first-order valence-electron chi connectivity index (χ1n) is 12.8. The van der Waals surface area contributed by atoms with Gasteiger partial charge in [0.15, 0.2) is 11.5 Å². The highest BCUT2D eigenvalue weighted by molar-refractivity contribution is 6.76. The van der Waals surface area contributed by atoms with Crippen LogP contribution in [-0.2, 0) is 11.5 Å². The van der Waals surface area contributed by atoms with E-state index in [1.54, 1.807) is 12.1 Å². The van der Waals surface area contributed by atoms with Crippen LogP contribution in [0.1, 0.15) is 11.3 Å². The second-order valence-electron chi connectivity index (χ2n) is 10.7. The molecule has 10 heteroatoms. The number of ether oxygens (including phenoxy) is 3. The molecule has 0 aliphatic carbocycles. The highest BCUT2D eigenvalue weighted by Crippen LogP contribution is 2.34. The van der Waals surface area contributed by atoms with E-state index in [4.69, 9.17) is 19.3 Å². The van der Waals surface area contributed by atoms with Crippen molar-refractivity contribution >= 4 is 48.2 Å². The molecule has 5 rings (SSSR count). The van der Waals surface area contributed by atoms with Crippen molar-refractivity contribution in [2.24, 2.45) is 0 Å². The van der Waals surface area contributed by atoms with E-state index >= 15 is 0 Å². The van der Waals surface area contributed by atoms with Crippen molar-refractivity contribution < 1.29 is 19.1 Å². The maximum Gasteiger partial charge on any atom is 0.271 e. The van der Waals surface area contributed by atoms with E-state index in [1.807, 2.05) is 71.2 Å². The van der Waals surface area contributed by atoms with E-state index in [-0.39, 0.29) is 17.4 Å². The van der Waals surface area contributed by atoms with Crippen molar-refractivity contribution in [3.63, 3.8) is 0 Å². The molecule has 0 bridgehead atoms. The van der Waals surface area contributed by atoms with E-state index in [2.05, 4.69) is 19.6 Å². The van der Waals surface area contributed by atoms with Crippen molar-refractivity contribution in [2.75, 3.05) is 25.3 Å². The number of non-ortho nitro benzene ring substituents is 1. The summed E-state index contributed by atoms with van der Waals surface area (Å²) in [5.41, 5.74) is 4.39. The number of rotatable bonds is 10. The minimum atomic E-state index is -1.22. The van der Waals surface area contributed by atoms with Crippen LogP contribution in [0.2, 0.25) is 25.7 Å². The highest BCUT2D eigenvalue weighted by atomic mass is 28.3. The second kappa shape index (κ2) is 10.9. The van der Waals surface area contributed by atoms with Gasteiger partial charge in [0, 0.05) is 50.6 Å². The monoisotopic (exact) mass is 544 g/mol. The number of nitro benzene ring substituents is 1. The summed E-state index contributed by atoms with van der Waals surface area (Å²) in [6, 6.07) is 19.6. The maximum atomic E-state index is 11.3. The predicted molar refractivity (Wildman–Crippen MR) is 156 cm³/mol. The van der Waals surface area contributed by atoms with Crippen molar-refractivity contribution in [1.29, 1.82) is 0 Å². The molecule has 4 aromatic rings. The number of fused-ring (bicyclic) bond motifs is 2. The first-order valence-corrected chi connectivity index (χ1v) is 16.5. The fraction of sp³-hybridized carbons (Fsp3) is 0.276. The van der Waals surface area contributed by atoms with E-state index in [0.29, 0.717) is 13.3 Å². The van der Waals surface area contributed by atoms with Crippen LogP contribution in [-0.4, -0.2) is 43.2 Å². The van der Waals surface area contributed by atoms with Gasteiger partial charge in [0.1, 0.15) is 6.73 Å². The number of benzene rings is 3. The Morgan fingerprint density at radius 2 is 1.85 bits per heavy atom. The summed E-state index contributed by atoms with van der Waals surface area (Å²) in [6.07, 6.45) is 3.99. The molecule has 0 fully saturated rings. The molecule has 0 atom stereocenters. The average Bonchev–Trinajstić information content (AvgIpc) is 3.52. The summed E-state index contributed by atoms with van der Waals surface area (Å²) in [5.74, 6) is 1.48. The average molecular weight is 545 g/mol. The standard InChI is InChI=1S/C29H32N4O5Si/c1-31(22-6-5-7-24(17-22)33(34)35)23-10-11-25-26(12-8-21-9-13-28-29(16-21)38-20-37-28)30-32(27(25)18-23)19-36-14-15-39(2,3)4/h5-13,16-18H,14-15,19-20H2,1-4H3. The van der Waals surface area contributed by atoms with Gasteiger partial charge in [-0.1, -0.05) is 37.8 Å². The quantitative estimate of drug-likeness (QED) is 0.0925. The van der Waals surface area contributed by atoms with Gasteiger partial charge in [0.2, 0.25) is 6.79 Å². The van der Waals surface area contributed by atoms with Gasteiger partial charge in [-0.15, -0.1) is 0 Å². The molecule has 0 saturated heterocycles. The van der Waals surface area contributed by atoms with Gasteiger partial charge in [-0.2, -0.15) is 5.10 Å². The van der Waals surface area contributed by atoms with Gasteiger partial charge < -0.3 is 19.1 Å². The number of nitro groups is 1. The van der Waals surface area contributed by atoms with E-state index < -0.39 is 8.07 Å². The zero-order valence-corrected chi connectivity index (χ0v) is 23.6. The van der Waals surface area contributed by atoms with Crippen LogP contribution in [0, 0.1) is 10.1 Å². The third-order valence-electron chi connectivity index (χ3n) is 6.62. The lowest BCUT2D eigenvalue weighted by Crippen LogP contribution is -2.22. The Bertz CT molecular complexity index is 1540. The van der Waals surface area contributed by atoms with E-state index in [0.717, 1.165) is 51.1 Å². The third-order valence-corrected chi connectivity index (χ3v) is 8.32. The summed E-state index contributed by atoms with van der Waals surface area (Å²) in [7, 11) is 0.679. The molecule has 2 heterocycles. The summed E-state index contributed by atoms with van der Waals surface area (Å²) in [5, 5.41) is 17.1. The molecule has 1 aliphatic heterocycles. The lowest BCUT2D eigenvalue weighted by molar-refractivity contribution is -0.384. The fourth-order valence-corrected chi connectivity index (χ4v) is 5.06. The zero-order valence-electron chi connectivity index (χ0n) is 22.6. The Labute approximate surface area is 228 Å². The smallest absolute Gasteiger partial charge is 0.271 e. The molecule has 1 aliphatic rings. The zero-order chi connectivity index (χ0) is 27.6. The minimum absolute atomic E-state index is 0.0530. The van der Waals surface area contributed by atoms with Gasteiger partial charge in [-0.25, -0.2) is 4.68 Å². The summed E-state index contributed by atoms with van der Waals surface area (Å²) in [6.45, 7) is 8.25. The summed E-state index contributed by atoms with van der Waals surface area (Å²) >= 11 is 0. The Morgan fingerprint density at radius 3 is 2.64 bits per heavy atom. The number of nitrogens with zero attached hydrogens (tertiary/aromatic N) is 4. The number of hydrogen-bond acceptors (Lipinski definition) is 7. The van der Waals surface area contributed by atoms with Crippen molar-refractivity contribution in [3.05, 3.63) is 82.0 Å². The minimum Gasteiger partial charge on any atom is -0.454 e. The summed E-state index contributed by atoms with van der Waals surface area (Å²) < 4.78 is 18.8. The Balaban J connectivity index is 1.46. The summed E-state index contributed by atoms with van der Waals surface area (Å²) in [4.78, 5) is 12.8. The predicted octanol–water partition coefficient (Wildman–Crippen LogP) is 6.92. The van der Waals surface area contributed by atoms with Crippen LogP contribution in [0.15, 0.2) is 60.7 Å². The number of hydrogen-bond donors (Lipinski definition) is 0. The Hall–Kier alpha value is -4.15. The third kappa shape index (κ3) is 6.13. The van der Waals surface area contributed by atoms with E-state index in [1.165, 1.54) is 6.07 Å². The van der Waals surface area contributed by atoms with Crippen molar-refractivity contribution in [2.45, 2.75) is 32.4 Å². The van der Waals surface area contributed by atoms with Crippen LogP contribution >= 0.6 is 0 Å². The number of anilines is 2. The van der Waals surface area contributed by atoms with E-state index in [9.17, 15) is 10.1 Å². The molecule has 9 nitrogen and oxygen atoms in total. The molecule has 1 aromatic heterocycles. The molecule has 39 heavy (non-hydrogen) atoms. The Morgan fingerprint density at radius 1 is 1.05 bits per heavy atom. The first kappa shape index (κ1) is 26.5. The lowest BCUT2D eigenvalue weighted by Gasteiger charge is -2.20. The normalized spacial score (nSPS) is 12.9. The molecular weight excluding hydrogens is 512 g/mol. The second-order valence-corrected chi connectivity index (χ2v) is 16.3. The number of aromatic nitrogens is 2. The SMILES string of the molecule is CN(c1cccc([N+](=O)[O-])c1)c1ccc2c(C=Cc3ccc4c(c3)OCO4)nn(COCC[Si](C)(C)C)c2c1. The molecule has 0 spiro atoms. The van der Waals surface area contributed by atoms with Gasteiger partial charge in [0.25, 0.3) is 5.69 Å². The van der Waals surface area contributed by atoms with Crippen molar-refractivity contribution in [1.82, 2.24) is 9.78 Å². The van der Waals surface area contributed by atoms with Crippen molar-refractivity contribution in [3.8, 4) is 11.5 Å². The molecule has 0 radical (unpaired) electrons. The largest absolute Gasteiger partial charge is 0.454 e. The van der Waals surface area contributed by atoms with Crippen LogP contribution in [0.4, 0.5) is 17.1 Å².